The molecular weight excluding hydrogens is 273 g/mol. The lowest BCUT2D eigenvalue weighted by Gasteiger charge is -2.10. The average molecular weight is 280 g/mol. The normalized spacial score (nSPS) is 11.0. The van der Waals surface area contributed by atoms with Crippen molar-refractivity contribution in [3.05, 3.63) is 27.4 Å². The van der Waals surface area contributed by atoms with Crippen molar-refractivity contribution < 1.29 is 32.4 Å². The number of alkyl halides is 3. The smallest absolute Gasteiger partial charge is 0.465 e. The first-order chi connectivity index (χ1) is 8.67. The second-order valence-corrected chi connectivity index (χ2v) is 3.25. The molecule has 1 heterocycles. The number of carbonyl (C=O) groups is 1. The van der Waals surface area contributed by atoms with Crippen LogP contribution in [0.2, 0.25) is 0 Å². The predicted octanol–water partition coefficient (Wildman–Crippen LogP) is 1.98. The van der Waals surface area contributed by atoms with Gasteiger partial charge in [0.1, 0.15) is 0 Å². The van der Waals surface area contributed by atoms with Gasteiger partial charge in [0.05, 0.1) is 17.6 Å². The van der Waals surface area contributed by atoms with Crippen LogP contribution in [0.25, 0.3) is 0 Å². The number of carbonyl (C=O) groups excluding carboxylic acids is 1. The van der Waals surface area contributed by atoms with Gasteiger partial charge in [0.2, 0.25) is 0 Å². The van der Waals surface area contributed by atoms with Gasteiger partial charge in [-0.25, -0.2) is 9.78 Å². The van der Waals surface area contributed by atoms with E-state index in [4.69, 9.17) is 0 Å². The van der Waals surface area contributed by atoms with E-state index in [2.05, 4.69) is 14.5 Å². The molecule has 104 valence electrons. The molecule has 0 fully saturated rings. The Labute approximate surface area is 104 Å². The lowest BCUT2D eigenvalue weighted by molar-refractivity contribution is -0.389. The van der Waals surface area contributed by atoms with E-state index in [0.29, 0.717) is 0 Å². The summed E-state index contributed by atoms with van der Waals surface area (Å²) in [6, 6.07) is 0. The van der Waals surface area contributed by atoms with E-state index < -0.39 is 28.8 Å². The van der Waals surface area contributed by atoms with Gasteiger partial charge in [0, 0.05) is 11.8 Å². The molecule has 0 bridgehead atoms. The molecule has 19 heavy (non-hydrogen) atoms. The van der Waals surface area contributed by atoms with Gasteiger partial charge in [-0.2, -0.15) is 0 Å². The van der Waals surface area contributed by atoms with Gasteiger partial charge in [-0.3, -0.25) is 10.1 Å². The number of pyridine rings is 1. The maximum Gasteiger partial charge on any atom is 0.574 e. The third-order valence-electron chi connectivity index (χ3n) is 2.07. The summed E-state index contributed by atoms with van der Waals surface area (Å²) in [6.45, 7) is 1.09. The quantitative estimate of drug-likeness (QED) is 0.477. The fraction of sp³-hybridized carbons (Fsp3) is 0.333. The Hall–Kier alpha value is -2.39. The molecular formula is C9H7F3N2O5. The van der Waals surface area contributed by atoms with Crippen molar-refractivity contribution in [3.63, 3.8) is 0 Å². The summed E-state index contributed by atoms with van der Waals surface area (Å²) < 4.78 is 44.0. The van der Waals surface area contributed by atoms with Crippen molar-refractivity contribution >= 4 is 11.7 Å². The molecule has 1 rings (SSSR count). The minimum Gasteiger partial charge on any atom is -0.465 e. The lowest BCUT2D eigenvalue weighted by atomic mass is 10.1. The van der Waals surface area contributed by atoms with Gasteiger partial charge in [-0.15, -0.1) is 13.2 Å². The lowest BCUT2D eigenvalue weighted by Crippen LogP contribution is -2.20. The highest BCUT2D eigenvalue weighted by molar-refractivity contribution is 5.92. The highest BCUT2D eigenvalue weighted by Gasteiger charge is 2.37. The number of hydrogen-bond acceptors (Lipinski definition) is 6. The van der Waals surface area contributed by atoms with Crippen LogP contribution in [0, 0.1) is 17.0 Å². The van der Waals surface area contributed by atoms with E-state index in [0.717, 1.165) is 20.2 Å². The summed E-state index contributed by atoms with van der Waals surface area (Å²) >= 11 is 0. The van der Waals surface area contributed by atoms with Crippen LogP contribution in [0.5, 0.6) is 5.88 Å². The second-order valence-electron chi connectivity index (χ2n) is 3.25. The summed E-state index contributed by atoms with van der Waals surface area (Å²) in [5.74, 6) is -2.19. The number of esters is 1. The Bertz CT molecular complexity index is 529. The van der Waals surface area contributed by atoms with Gasteiger partial charge in [0.25, 0.3) is 0 Å². The third kappa shape index (κ3) is 3.30. The average Bonchev–Trinajstić information content (AvgIpc) is 2.25. The molecule has 0 aliphatic heterocycles. The zero-order chi connectivity index (χ0) is 14.8. The first kappa shape index (κ1) is 14.7. The first-order valence-corrected chi connectivity index (χ1v) is 4.65. The van der Waals surface area contributed by atoms with Gasteiger partial charge in [-0.1, -0.05) is 0 Å². The maximum atomic E-state index is 12.1. The summed E-state index contributed by atoms with van der Waals surface area (Å²) in [5, 5.41) is 10.8. The fourth-order valence-electron chi connectivity index (χ4n) is 1.28. The molecule has 7 nitrogen and oxygen atoms in total. The van der Waals surface area contributed by atoms with Crippen LogP contribution in [0.4, 0.5) is 18.9 Å². The first-order valence-electron chi connectivity index (χ1n) is 4.65. The summed E-state index contributed by atoms with van der Waals surface area (Å²) in [4.78, 5) is 24.0. The SMILES string of the molecule is COC(=O)c1cnc(OC(F)(F)F)c([N+](=O)[O-])c1C. The van der Waals surface area contributed by atoms with Crippen molar-refractivity contribution in [2.45, 2.75) is 13.3 Å². The van der Waals surface area contributed by atoms with Crippen LogP contribution in [-0.4, -0.2) is 29.3 Å². The van der Waals surface area contributed by atoms with Crippen molar-refractivity contribution in [1.29, 1.82) is 0 Å². The molecule has 0 saturated heterocycles. The molecule has 0 radical (unpaired) electrons. The number of rotatable bonds is 3. The van der Waals surface area contributed by atoms with Crippen molar-refractivity contribution in [3.8, 4) is 5.88 Å². The van der Waals surface area contributed by atoms with Crippen LogP contribution in [0.1, 0.15) is 15.9 Å². The zero-order valence-corrected chi connectivity index (χ0v) is 9.65. The van der Waals surface area contributed by atoms with Gasteiger partial charge >= 0.3 is 23.9 Å². The van der Waals surface area contributed by atoms with Crippen LogP contribution < -0.4 is 4.74 Å². The molecule has 0 N–H and O–H groups in total. The predicted molar refractivity (Wildman–Crippen MR) is 53.7 cm³/mol. The highest BCUT2D eigenvalue weighted by Crippen LogP contribution is 2.34. The minimum atomic E-state index is -5.13. The number of hydrogen-bond donors (Lipinski definition) is 0. The Kier molecular flexibility index (Phi) is 3.92. The highest BCUT2D eigenvalue weighted by atomic mass is 19.4. The molecule has 0 unspecified atom stereocenters. The molecule has 0 aromatic carbocycles. The zero-order valence-electron chi connectivity index (χ0n) is 9.65. The molecule has 1 aromatic heterocycles. The summed E-state index contributed by atoms with van der Waals surface area (Å²) in [5.41, 5.74) is -1.69. The monoisotopic (exact) mass is 280 g/mol. The molecule has 0 atom stereocenters. The Balaban J connectivity index is 3.40. The van der Waals surface area contributed by atoms with E-state index in [-0.39, 0.29) is 11.1 Å². The van der Waals surface area contributed by atoms with E-state index >= 15 is 0 Å². The van der Waals surface area contributed by atoms with E-state index in [1.54, 1.807) is 0 Å². The summed E-state index contributed by atoms with van der Waals surface area (Å²) in [6.07, 6.45) is -4.41. The molecule has 0 saturated carbocycles. The second kappa shape index (κ2) is 5.08. The fourth-order valence-corrected chi connectivity index (χ4v) is 1.28. The standard InChI is InChI=1S/C9H7F3N2O5/c1-4-5(8(15)18-2)3-13-7(6(4)14(16)17)19-9(10,11)12/h3H,1-2H3. The number of nitro groups is 1. The van der Waals surface area contributed by atoms with Crippen LogP contribution >= 0.6 is 0 Å². The molecule has 1 aromatic rings. The Morgan fingerprint density at radius 3 is 2.47 bits per heavy atom. The summed E-state index contributed by atoms with van der Waals surface area (Å²) in [7, 11) is 1.02. The van der Waals surface area contributed by atoms with E-state index in [1.807, 2.05) is 0 Å². The molecule has 0 amide bonds. The van der Waals surface area contributed by atoms with E-state index in [9.17, 15) is 28.1 Å². The molecule has 0 aliphatic rings. The Morgan fingerprint density at radius 1 is 1.47 bits per heavy atom. The molecule has 0 spiro atoms. The van der Waals surface area contributed by atoms with Crippen molar-refractivity contribution in [2.75, 3.05) is 7.11 Å². The number of ether oxygens (including phenoxy) is 2. The minimum absolute atomic E-state index is 0.316. The number of halogens is 3. The van der Waals surface area contributed by atoms with Gasteiger partial charge in [0.15, 0.2) is 0 Å². The number of aromatic nitrogens is 1. The van der Waals surface area contributed by atoms with E-state index in [1.165, 1.54) is 0 Å². The van der Waals surface area contributed by atoms with Crippen LogP contribution in [-0.2, 0) is 4.74 Å². The Morgan fingerprint density at radius 2 is 2.05 bits per heavy atom. The number of methoxy groups -OCH3 is 1. The van der Waals surface area contributed by atoms with Crippen molar-refractivity contribution in [1.82, 2.24) is 4.98 Å². The largest absolute Gasteiger partial charge is 0.574 e. The van der Waals surface area contributed by atoms with Crippen LogP contribution in [0.3, 0.4) is 0 Å². The maximum absolute atomic E-state index is 12.1. The van der Waals surface area contributed by atoms with Gasteiger partial charge in [-0.05, 0) is 6.92 Å². The van der Waals surface area contributed by atoms with Crippen LogP contribution in [0.15, 0.2) is 6.20 Å². The molecule has 0 aliphatic carbocycles. The third-order valence-corrected chi connectivity index (χ3v) is 2.07. The number of nitrogens with zero attached hydrogens (tertiary/aromatic N) is 2. The topological polar surface area (TPSA) is 91.6 Å². The van der Waals surface area contributed by atoms with Crippen molar-refractivity contribution in [2.24, 2.45) is 0 Å². The van der Waals surface area contributed by atoms with Gasteiger partial charge < -0.3 is 9.47 Å². The molecule has 10 heteroatoms.